The molecule has 23 heavy (non-hydrogen) atoms. The van der Waals surface area contributed by atoms with Crippen molar-refractivity contribution >= 4 is 22.0 Å². The molecular weight excluding hydrogens is 360 g/mol. The van der Waals surface area contributed by atoms with Gasteiger partial charge in [0.15, 0.2) is 4.67 Å². The summed E-state index contributed by atoms with van der Waals surface area (Å²) in [5.41, 5.74) is -0.487. The largest absolute Gasteiger partial charge is 0.453 e. The molecule has 0 aliphatic carbocycles. The second-order valence-corrected chi connectivity index (χ2v) is 8.02. The molecule has 0 radical (unpaired) electrons. The van der Waals surface area contributed by atoms with Gasteiger partial charge in [-0.3, -0.25) is 0 Å². The topological polar surface area (TPSA) is 63.5 Å². The van der Waals surface area contributed by atoms with Gasteiger partial charge in [0.1, 0.15) is 11.4 Å². The Balaban J connectivity index is 2.57. The number of carbonyl (C=O) groups excluding carboxylic acids is 1. The zero-order chi connectivity index (χ0) is 17.6. The Morgan fingerprint density at radius 1 is 1.30 bits per heavy atom. The normalized spacial score (nSPS) is 14.6. The van der Waals surface area contributed by atoms with Crippen LogP contribution in [0.25, 0.3) is 0 Å². The number of rotatable bonds is 7. The molecular formula is C17H29BrN2O3. The summed E-state index contributed by atoms with van der Waals surface area (Å²) in [5.74, 6) is 1.38. The summed E-state index contributed by atoms with van der Waals surface area (Å²) in [5, 5.41) is 6.35. The molecule has 1 rings (SSSR count). The minimum atomic E-state index is -0.487. The van der Waals surface area contributed by atoms with Gasteiger partial charge in [-0.25, -0.2) is 4.79 Å². The van der Waals surface area contributed by atoms with Crippen LogP contribution in [-0.4, -0.2) is 24.3 Å². The van der Waals surface area contributed by atoms with Gasteiger partial charge in [-0.05, 0) is 68.1 Å². The first-order chi connectivity index (χ1) is 10.6. The Labute approximate surface area is 147 Å². The van der Waals surface area contributed by atoms with E-state index in [9.17, 15) is 4.79 Å². The molecule has 1 aromatic rings. The van der Waals surface area contributed by atoms with Crippen LogP contribution in [0.3, 0.4) is 0 Å². The van der Waals surface area contributed by atoms with Gasteiger partial charge < -0.3 is 19.8 Å². The van der Waals surface area contributed by atoms with Crippen LogP contribution in [0.4, 0.5) is 4.79 Å². The van der Waals surface area contributed by atoms with E-state index in [4.69, 9.17) is 9.15 Å². The molecule has 6 heteroatoms. The molecule has 0 aliphatic rings. The zero-order valence-electron chi connectivity index (χ0n) is 14.9. The van der Waals surface area contributed by atoms with Crippen molar-refractivity contribution in [2.75, 3.05) is 6.54 Å². The monoisotopic (exact) mass is 388 g/mol. The maximum absolute atomic E-state index is 11.8. The van der Waals surface area contributed by atoms with Crippen LogP contribution in [0, 0.1) is 5.92 Å². The Bertz CT molecular complexity index is 494. The van der Waals surface area contributed by atoms with Crippen LogP contribution in [-0.2, 0) is 4.74 Å². The van der Waals surface area contributed by atoms with Crippen molar-refractivity contribution in [1.29, 1.82) is 0 Å². The van der Waals surface area contributed by atoms with Gasteiger partial charge in [0.25, 0.3) is 0 Å². The lowest BCUT2D eigenvalue weighted by Gasteiger charge is -2.25. The van der Waals surface area contributed by atoms with Gasteiger partial charge in [-0.2, -0.15) is 0 Å². The molecule has 0 saturated heterocycles. The van der Waals surface area contributed by atoms with E-state index >= 15 is 0 Å². The molecule has 1 aromatic heterocycles. The fourth-order valence-electron chi connectivity index (χ4n) is 2.30. The molecule has 1 amide bonds. The summed E-state index contributed by atoms with van der Waals surface area (Å²) in [6.45, 7) is 12.5. The van der Waals surface area contributed by atoms with Gasteiger partial charge in [0, 0.05) is 12.6 Å². The first kappa shape index (κ1) is 20.0. The molecule has 0 aliphatic heterocycles. The molecule has 2 atom stereocenters. The second-order valence-electron chi connectivity index (χ2n) is 7.24. The Morgan fingerprint density at radius 2 is 1.96 bits per heavy atom. The van der Waals surface area contributed by atoms with Crippen molar-refractivity contribution in [2.24, 2.45) is 5.92 Å². The average molecular weight is 389 g/mol. The van der Waals surface area contributed by atoms with E-state index < -0.39 is 5.60 Å². The van der Waals surface area contributed by atoms with E-state index in [1.165, 1.54) is 0 Å². The Hall–Kier alpha value is -1.01. The van der Waals surface area contributed by atoms with Gasteiger partial charge in [-0.15, -0.1) is 0 Å². The highest BCUT2D eigenvalue weighted by atomic mass is 79.9. The third-order valence-corrected chi connectivity index (χ3v) is 3.58. The van der Waals surface area contributed by atoms with Crippen molar-refractivity contribution < 1.29 is 13.9 Å². The third-order valence-electron chi connectivity index (χ3n) is 3.15. The molecule has 0 aromatic carbocycles. The number of carbonyl (C=O) groups is 1. The van der Waals surface area contributed by atoms with Crippen molar-refractivity contribution in [3.63, 3.8) is 0 Å². The molecule has 5 nitrogen and oxygen atoms in total. The number of nitrogens with one attached hydrogen (secondary N) is 2. The zero-order valence-corrected chi connectivity index (χ0v) is 16.5. The van der Waals surface area contributed by atoms with Gasteiger partial charge in [0.2, 0.25) is 0 Å². The van der Waals surface area contributed by atoms with Gasteiger partial charge in [-0.1, -0.05) is 13.8 Å². The lowest BCUT2D eigenvalue weighted by atomic mass is 10.0. The molecule has 0 fully saturated rings. The number of ether oxygens (including phenoxy) is 1. The van der Waals surface area contributed by atoms with E-state index in [0.717, 1.165) is 12.2 Å². The van der Waals surface area contributed by atoms with E-state index in [1.54, 1.807) is 0 Å². The number of hydrogen-bond acceptors (Lipinski definition) is 4. The quantitative estimate of drug-likeness (QED) is 0.714. The fraction of sp³-hybridized carbons (Fsp3) is 0.706. The summed E-state index contributed by atoms with van der Waals surface area (Å²) in [6, 6.07) is 4.02. The number of amides is 1. The van der Waals surface area contributed by atoms with Crippen molar-refractivity contribution in [1.82, 2.24) is 10.6 Å². The number of halogens is 1. The van der Waals surface area contributed by atoms with Crippen LogP contribution in [0.5, 0.6) is 0 Å². The molecule has 2 unspecified atom stereocenters. The van der Waals surface area contributed by atoms with Crippen molar-refractivity contribution in [3.05, 3.63) is 22.6 Å². The molecule has 2 N–H and O–H groups in total. The summed E-state index contributed by atoms with van der Waals surface area (Å²) in [4.78, 5) is 11.8. The Kier molecular flexibility index (Phi) is 7.61. The van der Waals surface area contributed by atoms with E-state index in [-0.39, 0.29) is 18.2 Å². The maximum Gasteiger partial charge on any atom is 0.407 e. The lowest BCUT2D eigenvalue weighted by Crippen LogP contribution is -2.44. The second kappa shape index (κ2) is 8.73. The summed E-state index contributed by atoms with van der Waals surface area (Å²) < 4.78 is 11.6. The van der Waals surface area contributed by atoms with E-state index in [2.05, 4.69) is 40.4 Å². The lowest BCUT2D eigenvalue weighted by molar-refractivity contribution is 0.0520. The average Bonchev–Trinajstić information content (AvgIpc) is 2.80. The summed E-state index contributed by atoms with van der Waals surface area (Å²) in [6.07, 6.45) is 0.559. The van der Waals surface area contributed by atoms with Crippen molar-refractivity contribution in [3.8, 4) is 0 Å². The smallest absolute Gasteiger partial charge is 0.407 e. The number of hydrogen-bond donors (Lipinski definition) is 2. The molecule has 132 valence electrons. The fourth-order valence-corrected chi connectivity index (χ4v) is 2.62. The van der Waals surface area contributed by atoms with E-state index in [1.807, 2.05) is 39.8 Å². The first-order valence-electron chi connectivity index (χ1n) is 8.05. The van der Waals surface area contributed by atoms with Crippen molar-refractivity contribution in [2.45, 2.75) is 65.6 Å². The van der Waals surface area contributed by atoms with Crippen LogP contribution >= 0.6 is 15.9 Å². The predicted molar refractivity (Wildman–Crippen MR) is 95.4 cm³/mol. The molecule has 1 heterocycles. The summed E-state index contributed by atoms with van der Waals surface area (Å²) >= 11 is 3.32. The first-order valence-corrected chi connectivity index (χ1v) is 8.84. The van der Waals surface area contributed by atoms with Crippen LogP contribution in [0.1, 0.15) is 59.8 Å². The number of alkyl carbamates (subject to hydrolysis) is 1. The van der Waals surface area contributed by atoms with Crippen LogP contribution in [0.2, 0.25) is 0 Å². The number of furan rings is 1. The van der Waals surface area contributed by atoms with Crippen LogP contribution in [0.15, 0.2) is 21.2 Å². The summed E-state index contributed by atoms with van der Waals surface area (Å²) in [7, 11) is 0. The highest BCUT2D eigenvalue weighted by Gasteiger charge is 2.20. The van der Waals surface area contributed by atoms with Gasteiger partial charge >= 0.3 is 6.09 Å². The molecule has 0 spiro atoms. The molecule has 0 saturated carbocycles. The van der Waals surface area contributed by atoms with E-state index in [0.29, 0.717) is 17.1 Å². The maximum atomic E-state index is 11.8. The standard InChI is InChI=1S/C17H29BrN2O3/c1-11(2)9-13(10-19-16(21)23-17(4,5)6)20-12(3)14-7-8-15(18)22-14/h7-8,11-13,20H,9-10H2,1-6H3,(H,19,21). The van der Waals surface area contributed by atoms with Crippen LogP contribution < -0.4 is 10.6 Å². The highest BCUT2D eigenvalue weighted by molar-refractivity contribution is 9.10. The third kappa shape index (κ3) is 8.42. The highest BCUT2D eigenvalue weighted by Crippen LogP contribution is 2.21. The minimum absolute atomic E-state index is 0.0606. The van der Waals surface area contributed by atoms with Gasteiger partial charge in [0.05, 0.1) is 6.04 Å². The molecule has 0 bridgehead atoms. The Morgan fingerprint density at radius 3 is 2.43 bits per heavy atom. The SMILES string of the molecule is CC(C)CC(CNC(=O)OC(C)(C)C)NC(C)c1ccc(Br)o1. The predicted octanol–water partition coefficient (Wildman–Crippen LogP) is 4.63. The minimum Gasteiger partial charge on any atom is -0.453 e.